The van der Waals surface area contributed by atoms with Crippen molar-refractivity contribution in [3.8, 4) is 0 Å². The molecule has 47 heavy (non-hydrogen) atoms. The van der Waals surface area contributed by atoms with Crippen molar-refractivity contribution in [1.82, 2.24) is 0 Å². The second kappa shape index (κ2) is 31.3. The minimum absolute atomic E-state index is 0. The van der Waals surface area contributed by atoms with Gasteiger partial charge in [0.25, 0.3) is 0 Å². The van der Waals surface area contributed by atoms with Crippen molar-refractivity contribution in [2.75, 3.05) is 0 Å². The fourth-order valence-electron chi connectivity index (χ4n) is 6.85. The predicted molar refractivity (Wildman–Crippen MR) is 198 cm³/mol. The summed E-state index contributed by atoms with van der Waals surface area (Å²) in [7, 11) is -4.56. The number of benzene rings is 2. The van der Waals surface area contributed by atoms with Gasteiger partial charge in [-0.05, 0) is 47.6 Å². The predicted octanol–water partition coefficient (Wildman–Crippen LogP) is 9.83. The van der Waals surface area contributed by atoms with Gasteiger partial charge in [0.1, 0.15) is 16.9 Å². The van der Waals surface area contributed by atoms with Gasteiger partial charge in [-0.2, -0.15) is 0 Å². The molecule has 0 unspecified atom stereocenters. The van der Waals surface area contributed by atoms with Crippen LogP contribution in [0.15, 0.2) is 35.2 Å². The van der Waals surface area contributed by atoms with Gasteiger partial charge in [0.05, 0.1) is 4.90 Å². The molecule has 4 nitrogen and oxygen atoms in total. The molecule has 0 bridgehead atoms. The quantitative estimate of drug-likeness (QED) is 0.0487. The van der Waals surface area contributed by atoms with Crippen LogP contribution in [0.4, 0.5) is 0 Å². The third-order valence-corrected chi connectivity index (χ3v) is 10.5. The molecule has 0 aromatic heterocycles. The molecule has 0 spiro atoms. The Morgan fingerprint density at radius 2 is 0.872 bits per heavy atom. The molecule has 0 aliphatic heterocycles. The number of carbonyl (C=O) groups is 1. The van der Waals surface area contributed by atoms with Crippen LogP contribution in [0.1, 0.15) is 192 Å². The van der Waals surface area contributed by atoms with Gasteiger partial charge in [-0.25, -0.2) is 8.42 Å². The molecule has 0 fully saturated rings. The van der Waals surface area contributed by atoms with E-state index in [9.17, 15) is 13.0 Å². The normalized spacial score (nSPS) is 11.3. The molecule has 2 aromatic rings. The Morgan fingerprint density at radius 1 is 0.532 bits per heavy atom. The third kappa shape index (κ3) is 21.9. The number of aryl methyl sites for hydroxylation is 1. The van der Waals surface area contributed by atoms with E-state index in [0.717, 1.165) is 42.2 Å². The van der Waals surface area contributed by atoms with E-state index in [1.165, 1.54) is 148 Å². The first-order chi connectivity index (χ1) is 22.5. The maximum absolute atomic E-state index is 12.6. The van der Waals surface area contributed by atoms with E-state index in [1.54, 1.807) is 0 Å². The molecule has 0 atom stereocenters. The first-order valence-electron chi connectivity index (χ1n) is 19.3. The SMILES string of the molecule is C=O.CCCCCCCCCCCCCCCc1cc2ccccc2c(S(=O)(=O)[O-])c1CCCCCCCCCCCCCCC.[Na+]. The number of hydrogen-bond acceptors (Lipinski definition) is 4. The van der Waals surface area contributed by atoms with Crippen LogP contribution in [0, 0.1) is 0 Å². The molecular weight excluding hydrogens is 612 g/mol. The van der Waals surface area contributed by atoms with Crippen LogP contribution in [0.2, 0.25) is 0 Å². The Kier molecular flexibility index (Phi) is 30.8. The number of hydrogen-bond donors (Lipinski definition) is 0. The van der Waals surface area contributed by atoms with Crippen LogP contribution in [-0.4, -0.2) is 19.8 Å². The van der Waals surface area contributed by atoms with Gasteiger partial charge < -0.3 is 9.35 Å². The smallest absolute Gasteiger partial charge is 0.744 e. The van der Waals surface area contributed by atoms with Crippen molar-refractivity contribution < 1.29 is 47.3 Å². The van der Waals surface area contributed by atoms with Gasteiger partial charge in [0, 0.05) is 0 Å². The molecule has 6 heteroatoms. The summed E-state index contributed by atoms with van der Waals surface area (Å²) in [6, 6.07) is 9.71. The number of rotatable bonds is 29. The minimum Gasteiger partial charge on any atom is -0.744 e. The van der Waals surface area contributed by atoms with Crippen molar-refractivity contribution in [2.24, 2.45) is 0 Å². The van der Waals surface area contributed by atoms with Crippen LogP contribution in [0.3, 0.4) is 0 Å². The second-order valence-electron chi connectivity index (χ2n) is 13.5. The van der Waals surface area contributed by atoms with Crippen LogP contribution in [-0.2, 0) is 27.8 Å². The molecule has 2 rings (SSSR count). The van der Waals surface area contributed by atoms with Gasteiger partial charge in [-0.15, -0.1) is 0 Å². The largest absolute Gasteiger partial charge is 1.00 e. The second-order valence-corrected chi connectivity index (χ2v) is 14.8. The van der Waals surface area contributed by atoms with Gasteiger partial charge in [0.15, 0.2) is 0 Å². The first-order valence-corrected chi connectivity index (χ1v) is 20.7. The number of fused-ring (bicyclic) bond motifs is 1. The van der Waals surface area contributed by atoms with Crippen molar-refractivity contribution in [3.63, 3.8) is 0 Å². The molecule has 0 aliphatic carbocycles. The van der Waals surface area contributed by atoms with E-state index < -0.39 is 10.1 Å². The zero-order valence-electron chi connectivity index (χ0n) is 30.9. The van der Waals surface area contributed by atoms with Crippen LogP contribution in [0.5, 0.6) is 0 Å². The zero-order chi connectivity index (χ0) is 33.7. The average molecular weight is 681 g/mol. The summed E-state index contributed by atoms with van der Waals surface area (Å²) in [5.41, 5.74) is 1.89. The standard InChI is InChI=1S/C40H68O3S.CH2O.Na/c1-3-5-7-9-11-13-15-17-19-21-23-25-27-31-36-35-37-32-29-30-34-39(37)40(44(41,42)43)38(36)33-28-26-24-22-20-18-16-14-12-10-8-6-4-2;1-2;/h29-30,32,34-35H,3-28,31,33H2,1-2H3,(H,41,42,43);1H2;/q;;+1/p-1. The Labute approximate surface area is 313 Å². The number of unbranched alkanes of at least 4 members (excludes halogenated alkanes) is 24. The molecule has 2 aromatic carbocycles. The maximum atomic E-state index is 12.6. The van der Waals surface area contributed by atoms with Gasteiger partial charge >= 0.3 is 29.6 Å². The van der Waals surface area contributed by atoms with E-state index in [0.29, 0.717) is 11.8 Å². The molecule has 264 valence electrons. The molecule has 0 aliphatic rings. The first kappa shape index (κ1) is 46.3. The van der Waals surface area contributed by atoms with Gasteiger partial charge in [-0.3, -0.25) is 0 Å². The van der Waals surface area contributed by atoms with Crippen LogP contribution < -0.4 is 29.6 Å². The summed E-state index contributed by atoms with van der Waals surface area (Å²) in [5, 5.41) is 1.47. The molecule has 0 saturated carbocycles. The van der Waals surface area contributed by atoms with Crippen molar-refractivity contribution in [3.05, 3.63) is 41.5 Å². The molecule has 0 radical (unpaired) electrons. The van der Waals surface area contributed by atoms with Crippen LogP contribution in [0.25, 0.3) is 10.8 Å². The molecule has 0 amide bonds. The van der Waals surface area contributed by atoms with Crippen LogP contribution >= 0.6 is 0 Å². The van der Waals surface area contributed by atoms with E-state index >= 15 is 0 Å². The monoisotopic (exact) mass is 680 g/mol. The van der Waals surface area contributed by atoms with Gasteiger partial charge in [-0.1, -0.05) is 198 Å². The molecule has 0 heterocycles. The van der Waals surface area contributed by atoms with Crippen molar-refractivity contribution in [1.29, 1.82) is 0 Å². The Hall–Kier alpha value is -0.720. The summed E-state index contributed by atoms with van der Waals surface area (Å²) in [5.74, 6) is 0. The summed E-state index contributed by atoms with van der Waals surface area (Å²) < 4.78 is 37.8. The fraction of sp³-hybridized carbons (Fsp3) is 0.732. The topological polar surface area (TPSA) is 74.3 Å². The molecule has 0 saturated heterocycles. The Morgan fingerprint density at radius 3 is 1.26 bits per heavy atom. The molecular formula is C41H69NaO4S. The van der Waals surface area contributed by atoms with Gasteiger partial charge in [0.2, 0.25) is 0 Å². The zero-order valence-corrected chi connectivity index (χ0v) is 33.8. The van der Waals surface area contributed by atoms with E-state index in [1.807, 2.05) is 31.1 Å². The number of carbonyl (C=O) groups excluding carboxylic acids is 1. The third-order valence-electron chi connectivity index (χ3n) is 9.53. The minimum atomic E-state index is -4.56. The van der Waals surface area contributed by atoms with Crippen molar-refractivity contribution >= 4 is 27.7 Å². The Bertz CT molecular complexity index is 1120. The fourth-order valence-corrected chi connectivity index (χ4v) is 7.84. The molecule has 0 N–H and O–H groups in total. The van der Waals surface area contributed by atoms with E-state index in [4.69, 9.17) is 4.79 Å². The van der Waals surface area contributed by atoms with E-state index in [2.05, 4.69) is 19.9 Å². The van der Waals surface area contributed by atoms with E-state index in [-0.39, 0.29) is 34.5 Å². The average Bonchev–Trinajstić information content (AvgIpc) is 3.05. The summed E-state index contributed by atoms with van der Waals surface area (Å²) in [6.07, 6.45) is 35.4. The summed E-state index contributed by atoms with van der Waals surface area (Å²) >= 11 is 0. The summed E-state index contributed by atoms with van der Waals surface area (Å²) in [4.78, 5) is 8.05. The maximum Gasteiger partial charge on any atom is 1.00 e. The summed E-state index contributed by atoms with van der Waals surface area (Å²) in [6.45, 7) is 6.54. The Balaban J connectivity index is 0.00000691. The van der Waals surface area contributed by atoms with Crippen molar-refractivity contribution in [2.45, 2.75) is 199 Å².